The summed E-state index contributed by atoms with van der Waals surface area (Å²) in [7, 11) is 2.93. The Morgan fingerprint density at radius 1 is 1.37 bits per heavy atom. The standard InChI is InChI=1S/C13H17F2NO3/c1-13(16-2,12(17)18-3)6-7-19-9-4-5-10(14)11(15)8-9/h4-5,8,16H,6-7H2,1-3H3. The minimum Gasteiger partial charge on any atom is -0.493 e. The average Bonchev–Trinajstić information content (AvgIpc) is 2.41. The summed E-state index contributed by atoms with van der Waals surface area (Å²) in [6.07, 6.45) is 0.329. The lowest BCUT2D eigenvalue weighted by atomic mass is 9.99. The quantitative estimate of drug-likeness (QED) is 0.804. The predicted octanol–water partition coefficient (Wildman–Crippen LogP) is 1.88. The molecule has 1 N–H and O–H groups in total. The van der Waals surface area contributed by atoms with Crippen LogP contribution in [0, 0.1) is 11.6 Å². The maximum Gasteiger partial charge on any atom is 0.325 e. The van der Waals surface area contributed by atoms with Crippen molar-refractivity contribution in [2.75, 3.05) is 20.8 Å². The summed E-state index contributed by atoms with van der Waals surface area (Å²) in [5.41, 5.74) is -0.882. The summed E-state index contributed by atoms with van der Waals surface area (Å²) in [4.78, 5) is 11.6. The third-order valence-corrected chi connectivity index (χ3v) is 2.95. The lowest BCUT2D eigenvalue weighted by Crippen LogP contribution is -2.49. The second-order valence-electron chi connectivity index (χ2n) is 4.25. The van der Waals surface area contributed by atoms with Gasteiger partial charge in [-0.3, -0.25) is 4.79 Å². The molecule has 1 atom stereocenters. The van der Waals surface area contributed by atoms with Gasteiger partial charge in [-0.2, -0.15) is 0 Å². The molecular weight excluding hydrogens is 256 g/mol. The van der Waals surface area contributed by atoms with Crippen molar-refractivity contribution in [3.63, 3.8) is 0 Å². The lowest BCUT2D eigenvalue weighted by Gasteiger charge is -2.25. The van der Waals surface area contributed by atoms with Crippen LogP contribution in [0.2, 0.25) is 0 Å². The van der Waals surface area contributed by atoms with Crippen molar-refractivity contribution < 1.29 is 23.0 Å². The summed E-state index contributed by atoms with van der Waals surface area (Å²) in [5.74, 6) is -2.10. The monoisotopic (exact) mass is 273 g/mol. The van der Waals surface area contributed by atoms with Gasteiger partial charge in [-0.15, -0.1) is 0 Å². The zero-order valence-corrected chi connectivity index (χ0v) is 11.1. The van der Waals surface area contributed by atoms with Crippen molar-refractivity contribution in [3.8, 4) is 5.75 Å². The molecule has 6 heteroatoms. The van der Waals surface area contributed by atoms with Gasteiger partial charge in [0.05, 0.1) is 13.7 Å². The Hall–Kier alpha value is -1.69. The van der Waals surface area contributed by atoms with Crippen molar-refractivity contribution in [3.05, 3.63) is 29.8 Å². The third kappa shape index (κ3) is 3.89. The average molecular weight is 273 g/mol. The molecule has 106 valence electrons. The number of hydrogen-bond acceptors (Lipinski definition) is 4. The van der Waals surface area contributed by atoms with Gasteiger partial charge >= 0.3 is 5.97 Å². The molecule has 1 aromatic carbocycles. The van der Waals surface area contributed by atoms with Crippen LogP contribution in [0.4, 0.5) is 8.78 Å². The topological polar surface area (TPSA) is 47.6 Å². The van der Waals surface area contributed by atoms with Crippen LogP contribution in [-0.2, 0) is 9.53 Å². The number of methoxy groups -OCH3 is 1. The van der Waals surface area contributed by atoms with Crippen molar-refractivity contribution >= 4 is 5.97 Å². The Morgan fingerprint density at radius 2 is 2.05 bits per heavy atom. The van der Waals surface area contributed by atoms with E-state index in [4.69, 9.17) is 4.74 Å². The highest BCUT2D eigenvalue weighted by Crippen LogP contribution is 2.17. The summed E-state index contributed by atoms with van der Waals surface area (Å²) in [5, 5.41) is 2.85. The zero-order valence-electron chi connectivity index (χ0n) is 11.1. The molecule has 4 nitrogen and oxygen atoms in total. The molecule has 0 bridgehead atoms. The number of hydrogen-bond donors (Lipinski definition) is 1. The van der Waals surface area contributed by atoms with Gasteiger partial charge in [0, 0.05) is 12.5 Å². The van der Waals surface area contributed by atoms with E-state index >= 15 is 0 Å². The summed E-state index contributed by atoms with van der Waals surface area (Å²) < 4.78 is 35.6. The van der Waals surface area contributed by atoms with Gasteiger partial charge in [-0.1, -0.05) is 0 Å². The van der Waals surface area contributed by atoms with Gasteiger partial charge < -0.3 is 14.8 Å². The van der Waals surface area contributed by atoms with Gasteiger partial charge in [-0.25, -0.2) is 8.78 Å². The van der Waals surface area contributed by atoms with Gasteiger partial charge in [0.25, 0.3) is 0 Å². The van der Waals surface area contributed by atoms with Crippen molar-refractivity contribution in [2.45, 2.75) is 18.9 Å². The van der Waals surface area contributed by atoms with E-state index < -0.39 is 23.1 Å². The minimum atomic E-state index is -0.971. The fourth-order valence-electron chi connectivity index (χ4n) is 1.49. The first-order valence-corrected chi connectivity index (χ1v) is 5.78. The number of benzene rings is 1. The van der Waals surface area contributed by atoms with E-state index in [1.54, 1.807) is 14.0 Å². The van der Waals surface area contributed by atoms with E-state index in [1.807, 2.05) is 0 Å². The van der Waals surface area contributed by atoms with E-state index in [1.165, 1.54) is 13.2 Å². The first kappa shape index (κ1) is 15.4. The molecule has 0 spiro atoms. The molecule has 0 heterocycles. The number of halogens is 2. The molecule has 0 aliphatic rings. The molecule has 0 amide bonds. The first-order chi connectivity index (χ1) is 8.92. The SMILES string of the molecule is CNC(C)(CCOc1ccc(F)c(F)c1)C(=O)OC. The highest BCUT2D eigenvalue weighted by Gasteiger charge is 2.32. The molecule has 0 fully saturated rings. The van der Waals surface area contributed by atoms with E-state index in [0.29, 0.717) is 6.42 Å². The van der Waals surface area contributed by atoms with Crippen LogP contribution in [0.15, 0.2) is 18.2 Å². The van der Waals surface area contributed by atoms with Crippen LogP contribution in [0.1, 0.15) is 13.3 Å². The van der Waals surface area contributed by atoms with Crippen LogP contribution in [0.5, 0.6) is 5.75 Å². The predicted molar refractivity (Wildman–Crippen MR) is 66.0 cm³/mol. The van der Waals surface area contributed by atoms with E-state index in [0.717, 1.165) is 12.1 Å². The molecule has 19 heavy (non-hydrogen) atoms. The minimum absolute atomic E-state index is 0.164. The Kier molecular flexibility index (Phi) is 5.23. The summed E-state index contributed by atoms with van der Waals surface area (Å²) in [6.45, 7) is 1.84. The number of esters is 1. The number of carbonyl (C=O) groups excluding carboxylic acids is 1. The van der Waals surface area contributed by atoms with E-state index in [-0.39, 0.29) is 12.4 Å². The molecule has 0 aliphatic heterocycles. The third-order valence-electron chi connectivity index (χ3n) is 2.95. The molecule has 0 aromatic heterocycles. The van der Waals surface area contributed by atoms with Crippen LogP contribution in [0.25, 0.3) is 0 Å². The van der Waals surface area contributed by atoms with E-state index in [2.05, 4.69) is 10.1 Å². The smallest absolute Gasteiger partial charge is 0.325 e. The highest BCUT2D eigenvalue weighted by molar-refractivity contribution is 5.80. The second kappa shape index (κ2) is 6.47. The Balaban J connectivity index is 2.57. The van der Waals surface area contributed by atoms with Crippen molar-refractivity contribution in [2.24, 2.45) is 0 Å². The van der Waals surface area contributed by atoms with Crippen LogP contribution >= 0.6 is 0 Å². The van der Waals surface area contributed by atoms with Crippen LogP contribution in [0.3, 0.4) is 0 Å². The molecule has 0 radical (unpaired) electrons. The van der Waals surface area contributed by atoms with Crippen LogP contribution < -0.4 is 10.1 Å². The second-order valence-corrected chi connectivity index (χ2v) is 4.25. The molecule has 0 saturated heterocycles. The zero-order chi connectivity index (χ0) is 14.5. The van der Waals surface area contributed by atoms with Gasteiger partial charge in [0.15, 0.2) is 11.6 Å². The fourth-order valence-corrected chi connectivity index (χ4v) is 1.49. The normalized spacial score (nSPS) is 13.7. The number of likely N-dealkylation sites (N-methyl/N-ethyl adjacent to an activating group) is 1. The number of rotatable bonds is 6. The molecule has 1 unspecified atom stereocenters. The van der Waals surface area contributed by atoms with Crippen molar-refractivity contribution in [1.82, 2.24) is 5.32 Å². The Labute approximate surface area is 110 Å². The number of nitrogens with one attached hydrogen (secondary N) is 1. The van der Waals surface area contributed by atoms with Gasteiger partial charge in [-0.05, 0) is 26.1 Å². The first-order valence-electron chi connectivity index (χ1n) is 5.78. The van der Waals surface area contributed by atoms with Gasteiger partial charge in [0.2, 0.25) is 0 Å². The molecule has 1 aromatic rings. The largest absolute Gasteiger partial charge is 0.493 e. The Bertz CT molecular complexity index is 454. The lowest BCUT2D eigenvalue weighted by molar-refractivity contribution is -0.148. The highest BCUT2D eigenvalue weighted by atomic mass is 19.2. The Morgan fingerprint density at radius 3 is 2.58 bits per heavy atom. The maximum absolute atomic E-state index is 12.9. The van der Waals surface area contributed by atoms with Gasteiger partial charge in [0.1, 0.15) is 11.3 Å². The molecule has 0 saturated carbocycles. The molecule has 1 rings (SSSR count). The number of ether oxygens (including phenoxy) is 2. The summed E-state index contributed by atoms with van der Waals surface area (Å²) >= 11 is 0. The van der Waals surface area contributed by atoms with Crippen molar-refractivity contribution in [1.29, 1.82) is 0 Å². The number of carbonyl (C=O) groups is 1. The maximum atomic E-state index is 12.9. The summed E-state index contributed by atoms with van der Waals surface area (Å²) in [6, 6.07) is 3.28. The molecule has 0 aliphatic carbocycles. The molecular formula is C13H17F2NO3. The van der Waals surface area contributed by atoms with E-state index in [9.17, 15) is 13.6 Å². The fraction of sp³-hybridized carbons (Fsp3) is 0.462. The van der Waals surface area contributed by atoms with Crippen LogP contribution in [-0.4, -0.2) is 32.3 Å².